The van der Waals surface area contributed by atoms with Gasteiger partial charge < -0.3 is 5.73 Å². The monoisotopic (exact) mass is 282 g/mol. The van der Waals surface area contributed by atoms with Crippen molar-refractivity contribution < 1.29 is 8.42 Å². The molecule has 1 fully saturated rings. The van der Waals surface area contributed by atoms with E-state index in [0.29, 0.717) is 12.2 Å². The van der Waals surface area contributed by atoms with E-state index in [2.05, 4.69) is 4.72 Å². The van der Waals surface area contributed by atoms with Crippen molar-refractivity contribution in [3.63, 3.8) is 0 Å². The fourth-order valence-corrected chi connectivity index (χ4v) is 4.30. The first-order valence-corrected chi connectivity index (χ1v) is 8.39. The van der Waals surface area contributed by atoms with Crippen LogP contribution in [0.25, 0.3) is 0 Å². The van der Waals surface area contributed by atoms with Crippen LogP contribution in [-0.4, -0.2) is 13.7 Å². The van der Waals surface area contributed by atoms with Crippen molar-refractivity contribution in [3.05, 3.63) is 29.3 Å². The standard InChI is InChI=1S/C14H22N2O2S/c1-11-6-5-9-14(13(11)10-15)16-19(17,18)12-7-3-2-4-8-12/h5-6,9,12,16H,2-4,7-8,10,15H2,1H3. The second-order valence-corrected chi connectivity index (χ2v) is 7.17. The molecule has 19 heavy (non-hydrogen) atoms. The molecule has 0 amide bonds. The normalized spacial score (nSPS) is 17.4. The van der Waals surface area contributed by atoms with E-state index in [9.17, 15) is 8.42 Å². The van der Waals surface area contributed by atoms with Gasteiger partial charge in [-0.3, -0.25) is 4.72 Å². The Labute approximate surface area is 115 Å². The molecular formula is C14H22N2O2S. The second-order valence-electron chi connectivity index (χ2n) is 5.21. The van der Waals surface area contributed by atoms with Gasteiger partial charge in [0.15, 0.2) is 0 Å². The lowest BCUT2D eigenvalue weighted by Gasteiger charge is -2.23. The summed E-state index contributed by atoms with van der Waals surface area (Å²) in [6.07, 6.45) is 4.68. The average molecular weight is 282 g/mol. The van der Waals surface area contributed by atoms with E-state index in [1.807, 2.05) is 19.1 Å². The minimum absolute atomic E-state index is 0.257. The Balaban J connectivity index is 2.22. The van der Waals surface area contributed by atoms with Crippen LogP contribution in [0.1, 0.15) is 43.2 Å². The van der Waals surface area contributed by atoms with Gasteiger partial charge in [0.1, 0.15) is 0 Å². The number of sulfonamides is 1. The van der Waals surface area contributed by atoms with Gasteiger partial charge in [-0.2, -0.15) is 0 Å². The van der Waals surface area contributed by atoms with Crippen molar-refractivity contribution >= 4 is 15.7 Å². The Kier molecular flexibility index (Phi) is 4.47. The molecule has 0 atom stereocenters. The van der Waals surface area contributed by atoms with Crippen molar-refractivity contribution in [2.45, 2.75) is 50.8 Å². The SMILES string of the molecule is Cc1cccc(NS(=O)(=O)C2CCCCC2)c1CN. The highest BCUT2D eigenvalue weighted by molar-refractivity contribution is 7.93. The van der Waals surface area contributed by atoms with Crippen molar-refractivity contribution in [3.8, 4) is 0 Å². The Morgan fingerprint density at radius 1 is 1.26 bits per heavy atom. The summed E-state index contributed by atoms with van der Waals surface area (Å²) in [6, 6.07) is 5.59. The molecule has 0 saturated heterocycles. The van der Waals surface area contributed by atoms with Gasteiger partial charge >= 0.3 is 0 Å². The van der Waals surface area contributed by atoms with Crippen LogP contribution in [0.4, 0.5) is 5.69 Å². The molecule has 1 aromatic rings. The van der Waals surface area contributed by atoms with E-state index >= 15 is 0 Å². The molecule has 0 bridgehead atoms. The summed E-state index contributed by atoms with van der Waals surface area (Å²) in [6.45, 7) is 2.29. The van der Waals surface area contributed by atoms with Crippen LogP contribution in [0.5, 0.6) is 0 Å². The maximum Gasteiger partial charge on any atom is 0.235 e. The third-order valence-corrected chi connectivity index (χ3v) is 5.71. The van der Waals surface area contributed by atoms with E-state index in [1.165, 1.54) is 0 Å². The lowest BCUT2D eigenvalue weighted by Crippen LogP contribution is -2.30. The Morgan fingerprint density at radius 2 is 1.95 bits per heavy atom. The van der Waals surface area contributed by atoms with E-state index < -0.39 is 10.0 Å². The van der Waals surface area contributed by atoms with Gasteiger partial charge in [0.05, 0.1) is 10.9 Å². The zero-order valence-corrected chi connectivity index (χ0v) is 12.2. The first kappa shape index (κ1) is 14.3. The molecule has 1 aliphatic rings. The Morgan fingerprint density at radius 3 is 2.58 bits per heavy atom. The zero-order valence-electron chi connectivity index (χ0n) is 11.4. The second kappa shape index (κ2) is 5.92. The fraction of sp³-hybridized carbons (Fsp3) is 0.571. The number of anilines is 1. The summed E-state index contributed by atoms with van der Waals surface area (Å²) in [5.41, 5.74) is 8.24. The maximum atomic E-state index is 12.4. The third kappa shape index (κ3) is 3.28. The van der Waals surface area contributed by atoms with E-state index in [1.54, 1.807) is 6.07 Å². The molecule has 1 saturated carbocycles. The average Bonchev–Trinajstić information content (AvgIpc) is 2.40. The van der Waals surface area contributed by atoms with Crippen LogP contribution in [0, 0.1) is 6.92 Å². The van der Waals surface area contributed by atoms with Gasteiger partial charge in [0.25, 0.3) is 0 Å². The van der Waals surface area contributed by atoms with Crippen LogP contribution >= 0.6 is 0 Å². The van der Waals surface area contributed by atoms with E-state index in [4.69, 9.17) is 5.73 Å². The molecule has 3 N–H and O–H groups in total. The molecule has 0 aliphatic heterocycles. The maximum absolute atomic E-state index is 12.4. The summed E-state index contributed by atoms with van der Waals surface area (Å²) in [4.78, 5) is 0. The minimum Gasteiger partial charge on any atom is -0.326 e. The highest BCUT2D eigenvalue weighted by Gasteiger charge is 2.27. The number of aryl methyl sites for hydroxylation is 1. The fourth-order valence-electron chi connectivity index (χ4n) is 2.68. The predicted molar refractivity (Wildman–Crippen MR) is 78.5 cm³/mol. The zero-order chi connectivity index (χ0) is 13.9. The number of hydrogen-bond donors (Lipinski definition) is 2. The molecule has 4 nitrogen and oxygen atoms in total. The summed E-state index contributed by atoms with van der Waals surface area (Å²) in [7, 11) is -3.29. The van der Waals surface area contributed by atoms with Crippen molar-refractivity contribution in [2.24, 2.45) is 5.73 Å². The van der Waals surface area contributed by atoms with Crippen LogP contribution < -0.4 is 10.5 Å². The predicted octanol–water partition coefficient (Wildman–Crippen LogP) is 2.53. The molecule has 1 aromatic carbocycles. The lowest BCUT2D eigenvalue weighted by molar-refractivity contribution is 0.486. The molecule has 106 valence electrons. The number of nitrogens with two attached hydrogens (primary N) is 1. The summed E-state index contributed by atoms with van der Waals surface area (Å²) >= 11 is 0. The first-order chi connectivity index (χ1) is 9.04. The van der Waals surface area contributed by atoms with Gasteiger partial charge in [0, 0.05) is 6.54 Å². The van der Waals surface area contributed by atoms with E-state index in [-0.39, 0.29) is 5.25 Å². The molecule has 2 rings (SSSR count). The highest BCUT2D eigenvalue weighted by Crippen LogP contribution is 2.27. The number of nitrogens with one attached hydrogen (secondary N) is 1. The first-order valence-electron chi connectivity index (χ1n) is 6.85. The number of hydrogen-bond acceptors (Lipinski definition) is 3. The quantitative estimate of drug-likeness (QED) is 0.891. The van der Waals surface area contributed by atoms with Gasteiger partial charge in [-0.05, 0) is 37.0 Å². The minimum atomic E-state index is -3.29. The highest BCUT2D eigenvalue weighted by atomic mass is 32.2. The smallest absolute Gasteiger partial charge is 0.235 e. The van der Waals surface area contributed by atoms with E-state index in [0.717, 1.165) is 43.2 Å². The molecule has 0 unspecified atom stereocenters. The van der Waals surface area contributed by atoms with Gasteiger partial charge in [0.2, 0.25) is 10.0 Å². The van der Waals surface area contributed by atoms with Gasteiger partial charge in [-0.15, -0.1) is 0 Å². The largest absolute Gasteiger partial charge is 0.326 e. The van der Waals surface area contributed by atoms with Crippen molar-refractivity contribution in [2.75, 3.05) is 4.72 Å². The molecule has 0 spiro atoms. The van der Waals surface area contributed by atoms with Crippen LogP contribution in [0.3, 0.4) is 0 Å². The molecule has 5 heteroatoms. The van der Waals surface area contributed by atoms with Crippen LogP contribution in [0.2, 0.25) is 0 Å². The Hall–Kier alpha value is -1.07. The van der Waals surface area contributed by atoms with Crippen molar-refractivity contribution in [1.82, 2.24) is 0 Å². The summed E-state index contributed by atoms with van der Waals surface area (Å²) in [5.74, 6) is 0. The Bertz CT molecular complexity index is 534. The van der Waals surface area contributed by atoms with Crippen molar-refractivity contribution in [1.29, 1.82) is 0 Å². The number of benzene rings is 1. The van der Waals surface area contributed by atoms with Gasteiger partial charge in [-0.1, -0.05) is 31.4 Å². The molecule has 0 aromatic heterocycles. The lowest BCUT2D eigenvalue weighted by atomic mass is 10.0. The molecule has 0 heterocycles. The summed E-state index contributed by atoms with van der Waals surface area (Å²) < 4.78 is 27.5. The van der Waals surface area contributed by atoms with Crippen LogP contribution in [0.15, 0.2) is 18.2 Å². The summed E-state index contributed by atoms with van der Waals surface area (Å²) in [5, 5.41) is -0.257. The van der Waals surface area contributed by atoms with Gasteiger partial charge in [-0.25, -0.2) is 8.42 Å². The molecule has 0 radical (unpaired) electrons. The third-order valence-electron chi connectivity index (χ3n) is 3.86. The molecule has 1 aliphatic carbocycles. The van der Waals surface area contributed by atoms with Crippen LogP contribution in [-0.2, 0) is 16.6 Å². The number of rotatable bonds is 4. The topological polar surface area (TPSA) is 72.2 Å². The molecular weight excluding hydrogens is 260 g/mol.